The number of fused-ring (bicyclic) bond motifs is 6. The summed E-state index contributed by atoms with van der Waals surface area (Å²) in [6.45, 7) is 1.91. The van der Waals surface area contributed by atoms with Crippen molar-refractivity contribution in [1.29, 1.82) is 0 Å². The molecular formula is C81H50N10. The first-order valence-corrected chi connectivity index (χ1v) is 30.3. The molecule has 0 aliphatic rings. The van der Waals surface area contributed by atoms with Gasteiger partial charge in [-0.15, -0.1) is 0 Å². The van der Waals surface area contributed by atoms with Crippen LogP contribution in [0.3, 0.4) is 0 Å². The van der Waals surface area contributed by atoms with Crippen molar-refractivity contribution in [1.82, 2.24) is 49.8 Å². The van der Waals surface area contributed by atoms with E-state index >= 15 is 0 Å². The Morgan fingerprint density at radius 1 is 0.198 bits per heavy atom. The van der Waals surface area contributed by atoms with Gasteiger partial charge in [0.25, 0.3) is 0 Å². The maximum absolute atomic E-state index is 5.54. The van der Waals surface area contributed by atoms with Gasteiger partial charge >= 0.3 is 0 Å². The fourth-order valence-corrected chi connectivity index (χ4v) is 12.8. The molecule has 424 valence electrons. The lowest BCUT2D eigenvalue weighted by molar-refractivity contribution is 1.01. The molecule has 5 aromatic heterocycles. The Hall–Kier alpha value is -12.4. The zero-order valence-corrected chi connectivity index (χ0v) is 49.1. The van der Waals surface area contributed by atoms with E-state index in [-0.39, 0.29) is 0 Å². The quantitative estimate of drug-likeness (QED) is 0.122. The second-order valence-corrected chi connectivity index (χ2v) is 22.7. The molecule has 12 aromatic carbocycles. The van der Waals surface area contributed by atoms with Gasteiger partial charge in [0.15, 0.2) is 34.9 Å². The highest BCUT2D eigenvalue weighted by Crippen LogP contribution is 2.45. The summed E-state index contributed by atoms with van der Waals surface area (Å²) >= 11 is 0. The van der Waals surface area contributed by atoms with Gasteiger partial charge < -0.3 is 0 Å². The predicted molar refractivity (Wildman–Crippen MR) is 369 cm³/mol. The number of rotatable bonds is 10. The smallest absolute Gasteiger partial charge is 0.182 e. The summed E-state index contributed by atoms with van der Waals surface area (Å²) in [5.74, 6) is 3.83. The average Bonchev–Trinajstić information content (AvgIpc) is 0.886. The van der Waals surface area contributed by atoms with Crippen LogP contribution in [0, 0.1) is 6.92 Å². The molecule has 0 N–H and O–H groups in total. The van der Waals surface area contributed by atoms with Crippen LogP contribution in [0.15, 0.2) is 285 Å². The SMILES string of the molecule is Cc1nc(-c2nc(-c3ccccc3)nc(-c3cccc(-c4c5ccccc5c(-c5ccc6cc(-c7nc(-c8ccccc8)nc(-c8ccccc8)n7)ccc6n5)c5ccccc45)c3)n2)cc(-c2nc(-c3c4ccccc4cc4ccccc34)cc3ccccc23)n1. The second-order valence-electron chi connectivity index (χ2n) is 22.7. The van der Waals surface area contributed by atoms with Crippen molar-refractivity contribution >= 4 is 64.8 Å². The van der Waals surface area contributed by atoms with Crippen LogP contribution in [0.25, 0.3) is 178 Å². The van der Waals surface area contributed by atoms with E-state index in [4.69, 9.17) is 49.8 Å². The molecule has 5 heterocycles. The fraction of sp³-hybridized carbons (Fsp3) is 0.0123. The van der Waals surface area contributed by atoms with Gasteiger partial charge in [-0.05, 0) is 115 Å². The molecule has 0 aliphatic carbocycles. The van der Waals surface area contributed by atoms with E-state index in [9.17, 15) is 0 Å². The van der Waals surface area contributed by atoms with E-state index in [2.05, 4.69) is 188 Å². The third-order valence-corrected chi connectivity index (χ3v) is 17.0. The van der Waals surface area contributed by atoms with Gasteiger partial charge in [0.1, 0.15) is 11.5 Å². The van der Waals surface area contributed by atoms with Gasteiger partial charge in [-0.25, -0.2) is 49.8 Å². The van der Waals surface area contributed by atoms with Crippen LogP contribution < -0.4 is 0 Å². The largest absolute Gasteiger partial charge is 0.248 e. The molecule has 17 rings (SSSR count). The number of aryl methyl sites for hydroxylation is 1. The number of hydrogen-bond acceptors (Lipinski definition) is 10. The maximum Gasteiger partial charge on any atom is 0.182 e. The minimum Gasteiger partial charge on any atom is -0.248 e. The Labute approximate surface area is 523 Å². The van der Waals surface area contributed by atoms with Crippen molar-refractivity contribution in [2.75, 3.05) is 0 Å². The van der Waals surface area contributed by atoms with Gasteiger partial charge in [0.2, 0.25) is 0 Å². The monoisotopic (exact) mass is 1160 g/mol. The zero-order valence-electron chi connectivity index (χ0n) is 49.1. The minimum atomic E-state index is 0.418. The number of aromatic nitrogens is 10. The fourth-order valence-electron chi connectivity index (χ4n) is 12.8. The van der Waals surface area contributed by atoms with E-state index in [1.165, 1.54) is 0 Å². The first-order chi connectivity index (χ1) is 45.0. The minimum absolute atomic E-state index is 0.418. The van der Waals surface area contributed by atoms with Crippen molar-refractivity contribution in [3.05, 3.63) is 291 Å². The van der Waals surface area contributed by atoms with Crippen molar-refractivity contribution < 1.29 is 0 Å². The summed E-state index contributed by atoms with van der Waals surface area (Å²) in [4.78, 5) is 51.8. The van der Waals surface area contributed by atoms with E-state index in [0.717, 1.165) is 132 Å². The van der Waals surface area contributed by atoms with E-state index < -0.39 is 0 Å². The highest BCUT2D eigenvalue weighted by molar-refractivity contribution is 6.21. The first kappa shape index (κ1) is 52.9. The maximum atomic E-state index is 5.54. The van der Waals surface area contributed by atoms with Crippen LogP contribution in [-0.2, 0) is 0 Å². The summed E-state index contributed by atoms with van der Waals surface area (Å²) in [6, 6.07) is 98.3. The standard InChI is InChI=1S/C81H50N10/c1-49-82-70(75-62-35-16-13-30-55(62)47-69(85-75)73-60-33-14-11-28-53(60)44-54-29-12-15-34-61(54)73)48-71(83-49)81-90-78(52-26-9-4-10-27-52)89-79(91-81)58-32-21-31-57(46-58)72-63-36-17-19-38-65(63)74(66-39-20-18-37-64(66)72)68-43-40-56-45-59(41-42-67(56)84-68)80-87-76(50-22-5-2-6-23-50)86-77(88-80)51-24-7-3-8-25-51/h2-48H,1H3. The average molecular weight is 1160 g/mol. The summed E-state index contributed by atoms with van der Waals surface area (Å²) in [7, 11) is 0. The molecule has 0 bridgehead atoms. The molecule has 0 amide bonds. The Bertz CT molecular complexity index is 5570. The van der Waals surface area contributed by atoms with Crippen molar-refractivity contribution in [2.24, 2.45) is 0 Å². The molecule has 10 heteroatoms. The lowest BCUT2D eigenvalue weighted by Gasteiger charge is -2.18. The van der Waals surface area contributed by atoms with E-state index in [0.29, 0.717) is 52.2 Å². The number of pyridine rings is 2. The molecule has 10 nitrogen and oxygen atoms in total. The molecule has 0 radical (unpaired) electrons. The van der Waals surface area contributed by atoms with Gasteiger partial charge in [0.05, 0.1) is 28.3 Å². The molecule has 17 aromatic rings. The van der Waals surface area contributed by atoms with Gasteiger partial charge in [0, 0.05) is 49.7 Å². The van der Waals surface area contributed by atoms with Crippen LogP contribution in [0.5, 0.6) is 0 Å². The Kier molecular flexibility index (Phi) is 12.8. The molecule has 0 unspecified atom stereocenters. The summed E-state index contributed by atoms with van der Waals surface area (Å²) in [5, 5.41) is 11.9. The molecule has 0 saturated heterocycles. The van der Waals surface area contributed by atoms with Crippen LogP contribution >= 0.6 is 0 Å². The lowest BCUT2D eigenvalue weighted by Crippen LogP contribution is -2.04. The van der Waals surface area contributed by atoms with Crippen molar-refractivity contribution in [3.63, 3.8) is 0 Å². The summed E-state index contributed by atoms with van der Waals surface area (Å²) in [5.41, 5.74) is 13.2. The number of hydrogen-bond donors (Lipinski definition) is 0. The third-order valence-electron chi connectivity index (χ3n) is 17.0. The van der Waals surface area contributed by atoms with Crippen LogP contribution in [0.4, 0.5) is 0 Å². The Morgan fingerprint density at radius 3 is 1.18 bits per heavy atom. The molecule has 0 atom stereocenters. The lowest BCUT2D eigenvalue weighted by atomic mass is 9.86. The Balaban J connectivity index is 0.770. The molecule has 0 saturated carbocycles. The molecule has 91 heavy (non-hydrogen) atoms. The van der Waals surface area contributed by atoms with E-state index in [1.54, 1.807) is 0 Å². The van der Waals surface area contributed by atoms with Gasteiger partial charge in [-0.1, -0.05) is 237 Å². The molecule has 0 fully saturated rings. The highest BCUT2D eigenvalue weighted by atomic mass is 15.1. The summed E-state index contributed by atoms with van der Waals surface area (Å²) in [6.07, 6.45) is 0. The first-order valence-electron chi connectivity index (χ1n) is 30.3. The number of nitrogens with zero attached hydrogens (tertiary/aromatic N) is 10. The zero-order chi connectivity index (χ0) is 60.4. The van der Waals surface area contributed by atoms with Crippen molar-refractivity contribution in [3.8, 4) is 113 Å². The molecular weight excluding hydrogens is 1110 g/mol. The van der Waals surface area contributed by atoms with Gasteiger partial charge in [-0.2, -0.15) is 0 Å². The third kappa shape index (κ3) is 9.63. The van der Waals surface area contributed by atoms with E-state index in [1.807, 2.05) is 104 Å². The molecule has 0 aliphatic heterocycles. The normalized spacial score (nSPS) is 11.6. The summed E-state index contributed by atoms with van der Waals surface area (Å²) < 4.78 is 0. The molecule has 0 spiro atoms. The van der Waals surface area contributed by atoms with Crippen LogP contribution in [-0.4, -0.2) is 49.8 Å². The Morgan fingerprint density at radius 2 is 0.615 bits per heavy atom. The van der Waals surface area contributed by atoms with Crippen LogP contribution in [0.1, 0.15) is 5.82 Å². The van der Waals surface area contributed by atoms with Crippen LogP contribution in [0.2, 0.25) is 0 Å². The second kappa shape index (κ2) is 22.1. The predicted octanol–water partition coefficient (Wildman–Crippen LogP) is 19.5. The van der Waals surface area contributed by atoms with Gasteiger partial charge in [-0.3, -0.25) is 0 Å². The van der Waals surface area contributed by atoms with Crippen molar-refractivity contribution in [2.45, 2.75) is 6.92 Å². The topological polar surface area (TPSA) is 129 Å². The highest BCUT2D eigenvalue weighted by Gasteiger charge is 2.23. The number of benzene rings is 12.